The maximum Gasteiger partial charge on any atom is 0.239 e. The number of methoxy groups -OCH3 is 1. The molecule has 3 rings (SSSR count). The molecule has 0 radical (unpaired) electrons. The highest BCUT2D eigenvalue weighted by Crippen LogP contribution is 2.29. The van der Waals surface area contributed by atoms with Crippen molar-refractivity contribution >= 4 is 29.1 Å². The number of piperidine rings is 1. The van der Waals surface area contributed by atoms with Gasteiger partial charge in [-0.3, -0.25) is 9.69 Å². The second kappa shape index (κ2) is 9.33. The lowest BCUT2D eigenvalue weighted by Gasteiger charge is -2.45. The van der Waals surface area contributed by atoms with E-state index in [0.717, 1.165) is 41.6 Å². The van der Waals surface area contributed by atoms with E-state index in [-0.39, 0.29) is 35.8 Å². The van der Waals surface area contributed by atoms with Gasteiger partial charge in [0.1, 0.15) is 5.75 Å². The van der Waals surface area contributed by atoms with E-state index in [9.17, 15) is 4.79 Å². The van der Waals surface area contributed by atoms with Crippen LogP contribution in [0.4, 0.5) is 0 Å². The summed E-state index contributed by atoms with van der Waals surface area (Å²) in [6.45, 7) is 8.72. The lowest BCUT2D eigenvalue weighted by atomic mass is 9.79. The van der Waals surface area contributed by atoms with Crippen LogP contribution in [0.5, 0.6) is 5.75 Å². The Balaban J connectivity index is 0.00000300. The molecule has 1 amide bonds. The largest absolute Gasteiger partial charge is 0.497 e. The number of carbonyl (C=O) groups is 1. The topological polar surface area (TPSA) is 58.8 Å². The molecule has 2 aromatic rings. The number of halogens is 1. The van der Waals surface area contributed by atoms with E-state index >= 15 is 0 Å². The maximum absolute atomic E-state index is 13.0. The van der Waals surface area contributed by atoms with E-state index in [1.807, 2.05) is 31.0 Å². The number of nitrogens with zero attached hydrogens (tertiary/aromatic N) is 2. The number of hydrogen-bond acceptors (Lipinski definition) is 4. The zero-order chi connectivity index (χ0) is 20.5. The number of benzene rings is 2. The van der Waals surface area contributed by atoms with Gasteiger partial charge >= 0.3 is 0 Å². The molecule has 0 spiro atoms. The number of nitrogens with two attached hydrogens (primary N) is 1. The first-order valence-corrected chi connectivity index (χ1v) is 10.0. The van der Waals surface area contributed by atoms with Crippen LogP contribution < -0.4 is 10.5 Å². The number of rotatable bonds is 5. The first kappa shape index (κ1) is 23.5. The Morgan fingerprint density at radius 1 is 1.28 bits per heavy atom. The summed E-state index contributed by atoms with van der Waals surface area (Å²) < 4.78 is 5.29. The Kier molecular flexibility index (Phi) is 7.55. The van der Waals surface area contributed by atoms with Crippen LogP contribution in [-0.4, -0.2) is 55.0 Å². The van der Waals surface area contributed by atoms with Crippen molar-refractivity contribution in [2.24, 2.45) is 11.1 Å². The molecule has 0 saturated carbocycles. The van der Waals surface area contributed by atoms with Gasteiger partial charge in [0.2, 0.25) is 5.91 Å². The van der Waals surface area contributed by atoms with Crippen LogP contribution in [0, 0.1) is 5.41 Å². The molecule has 2 aromatic carbocycles. The lowest BCUT2D eigenvalue weighted by molar-refractivity contribution is -0.137. The molecular weight excluding hydrogens is 386 g/mol. The predicted molar refractivity (Wildman–Crippen MR) is 122 cm³/mol. The summed E-state index contributed by atoms with van der Waals surface area (Å²) >= 11 is 0. The van der Waals surface area contributed by atoms with Gasteiger partial charge in [-0.1, -0.05) is 32.0 Å². The van der Waals surface area contributed by atoms with Crippen LogP contribution in [0.25, 0.3) is 10.8 Å². The molecule has 0 aliphatic carbocycles. The standard InChI is InChI=1S/C23H33N3O2.ClH/c1-16(26-11-10-21(24)23(2,3)15-26)22(27)25(4)14-17-6-7-19-13-20(28-5)9-8-18(19)12-17;/h6-9,12-13,16,21H,10-11,14-15,24H2,1-5H3;1H. The molecule has 1 aliphatic rings. The first-order valence-electron chi connectivity index (χ1n) is 10.0. The number of fused-ring (bicyclic) bond motifs is 1. The molecule has 0 aromatic heterocycles. The molecule has 2 atom stereocenters. The van der Waals surface area contributed by atoms with Crippen LogP contribution >= 0.6 is 12.4 Å². The molecule has 0 bridgehead atoms. The first-order chi connectivity index (χ1) is 13.2. The fourth-order valence-corrected chi connectivity index (χ4v) is 4.07. The van der Waals surface area contributed by atoms with Gasteiger partial charge < -0.3 is 15.4 Å². The molecule has 2 N–H and O–H groups in total. The molecule has 1 heterocycles. The third-order valence-corrected chi connectivity index (χ3v) is 6.15. The highest BCUT2D eigenvalue weighted by molar-refractivity contribution is 5.85. The Morgan fingerprint density at radius 3 is 2.59 bits per heavy atom. The van der Waals surface area contributed by atoms with Crippen molar-refractivity contribution in [2.75, 3.05) is 27.2 Å². The summed E-state index contributed by atoms with van der Waals surface area (Å²) in [5.41, 5.74) is 7.41. The summed E-state index contributed by atoms with van der Waals surface area (Å²) in [4.78, 5) is 17.1. The molecule has 1 aliphatic heterocycles. The van der Waals surface area contributed by atoms with Crippen LogP contribution in [0.3, 0.4) is 0 Å². The van der Waals surface area contributed by atoms with Gasteiger partial charge in [-0.25, -0.2) is 0 Å². The van der Waals surface area contributed by atoms with Crippen LogP contribution in [-0.2, 0) is 11.3 Å². The van der Waals surface area contributed by atoms with Crippen molar-refractivity contribution in [1.82, 2.24) is 9.80 Å². The zero-order valence-corrected chi connectivity index (χ0v) is 19.0. The Morgan fingerprint density at radius 2 is 1.93 bits per heavy atom. The molecule has 5 nitrogen and oxygen atoms in total. The highest BCUT2D eigenvalue weighted by atomic mass is 35.5. The quantitative estimate of drug-likeness (QED) is 0.803. The number of likely N-dealkylation sites (tertiary alicyclic amines) is 1. The van der Waals surface area contributed by atoms with Crippen LogP contribution in [0.1, 0.15) is 32.8 Å². The molecule has 6 heteroatoms. The Hall–Kier alpha value is -1.82. The van der Waals surface area contributed by atoms with E-state index in [1.54, 1.807) is 7.11 Å². The Labute approximate surface area is 180 Å². The van der Waals surface area contributed by atoms with Crippen LogP contribution in [0.2, 0.25) is 0 Å². The van der Waals surface area contributed by atoms with Crippen molar-refractivity contribution in [3.63, 3.8) is 0 Å². The predicted octanol–water partition coefficient (Wildman–Crippen LogP) is 3.68. The van der Waals surface area contributed by atoms with Gasteiger partial charge in [0, 0.05) is 32.7 Å². The summed E-state index contributed by atoms with van der Waals surface area (Å²) in [5, 5.41) is 2.29. The SMILES string of the molecule is COc1ccc2cc(CN(C)C(=O)C(C)N3CCC(N)C(C)(C)C3)ccc2c1.Cl. The van der Waals surface area contributed by atoms with Crippen LogP contribution in [0.15, 0.2) is 36.4 Å². The smallest absolute Gasteiger partial charge is 0.239 e. The van der Waals surface area contributed by atoms with Gasteiger partial charge in [-0.15, -0.1) is 12.4 Å². The van der Waals surface area contributed by atoms with Crippen molar-refractivity contribution in [3.05, 3.63) is 42.0 Å². The minimum absolute atomic E-state index is 0. The molecule has 2 unspecified atom stereocenters. The number of likely N-dealkylation sites (N-methyl/N-ethyl adjacent to an activating group) is 1. The van der Waals surface area contributed by atoms with Crippen molar-refractivity contribution in [1.29, 1.82) is 0 Å². The second-order valence-corrected chi connectivity index (χ2v) is 8.77. The molecule has 1 saturated heterocycles. The van der Waals surface area contributed by atoms with E-state index in [4.69, 9.17) is 10.5 Å². The molecular formula is C23H34ClN3O2. The zero-order valence-electron chi connectivity index (χ0n) is 18.1. The minimum Gasteiger partial charge on any atom is -0.497 e. The summed E-state index contributed by atoms with van der Waals surface area (Å²) in [6.07, 6.45) is 0.933. The van der Waals surface area contributed by atoms with Gasteiger partial charge in [-0.2, -0.15) is 0 Å². The van der Waals surface area contributed by atoms with Gasteiger partial charge in [0.15, 0.2) is 0 Å². The fourth-order valence-electron chi connectivity index (χ4n) is 4.07. The second-order valence-electron chi connectivity index (χ2n) is 8.77. The number of carbonyl (C=O) groups excluding carboxylic acids is 1. The fraction of sp³-hybridized carbons (Fsp3) is 0.522. The van der Waals surface area contributed by atoms with Gasteiger partial charge in [-0.05, 0) is 53.3 Å². The highest BCUT2D eigenvalue weighted by Gasteiger charge is 2.37. The van der Waals surface area contributed by atoms with Crippen molar-refractivity contribution in [2.45, 2.75) is 45.8 Å². The van der Waals surface area contributed by atoms with E-state index < -0.39 is 0 Å². The normalized spacial score (nSPS) is 20.0. The van der Waals surface area contributed by atoms with Crippen molar-refractivity contribution in [3.8, 4) is 5.75 Å². The lowest BCUT2D eigenvalue weighted by Crippen LogP contribution is -2.57. The minimum atomic E-state index is -0.138. The molecule has 1 fully saturated rings. The van der Waals surface area contributed by atoms with E-state index in [1.165, 1.54) is 0 Å². The number of amides is 1. The van der Waals surface area contributed by atoms with Gasteiger partial charge in [0.05, 0.1) is 13.2 Å². The summed E-state index contributed by atoms with van der Waals surface area (Å²) in [5.74, 6) is 1.01. The van der Waals surface area contributed by atoms with E-state index in [2.05, 4.69) is 43.0 Å². The average molecular weight is 420 g/mol. The maximum atomic E-state index is 13.0. The number of ether oxygens (including phenoxy) is 1. The third-order valence-electron chi connectivity index (χ3n) is 6.15. The third kappa shape index (κ3) is 5.21. The average Bonchev–Trinajstić information content (AvgIpc) is 2.68. The summed E-state index contributed by atoms with van der Waals surface area (Å²) in [6, 6.07) is 12.4. The monoisotopic (exact) mass is 419 g/mol. The van der Waals surface area contributed by atoms with Gasteiger partial charge in [0.25, 0.3) is 0 Å². The number of hydrogen-bond donors (Lipinski definition) is 1. The molecule has 160 valence electrons. The Bertz CT molecular complexity index is 855. The van der Waals surface area contributed by atoms with E-state index in [0.29, 0.717) is 6.54 Å². The molecule has 29 heavy (non-hydrogen) atoms. The summed E-state index contributed by atoms with van der Waals surface area (Å²) in [7, 11) is 3.56. The van der Waals surface area contributed by atoms with Crippen molar-refractivity contribution < 1.29 is 9.53 Å².